The van der Waals surface area contributed by atoms with Crippen molar-refractivity contribution in [2.45, 2.75) is 45.6 Å². The van der Waals surface area contributed by atoms with Crippen LogP contribution in [0.4, 0.5) is 4.39 Å². The van der Waals surface area contributed by atoms with Crippen LogP contribution in [0.1, 0.15) is 49.9 Å². The zero-order valence-corrected chi connectivity index (χ0v) is 12.5. The molecule has 0 heterocycles. The average Bonchev–Trinajstić information content (AvgIpc) is 2.47. The van der Waals surface area contributed by atoms with E-state index in [9.17, 15) is 14.0 Å². The zero-order valence-electron chi connectivity index (χ0n) is 12.5. The third-order valence-electron chi connectivity index (χ3n) is 3.05. The number of unbranched alkanes of at least 4 members (excludes halogenated alkanes) is 3. The van der Waals surface area contributed by atoms with Crippen molar-refractivity contribution < 1.29 is 18.7 Å². The minimum absolute atomic E-state index is 0.305. The molecule has 0 fully saturated rings. The molecular weight excluding hydrogens is 273 g/mol. The Kier molecular flexibility index (Phi) is 7.43. The summed E-state index contributed by atoms with van der Waals surface area (Å²) in [5.41, 5.74) is 0.305. The van der Waals surface area contributed by atoms with E-state index < -0.39 is 23.7 Å². The fourth-order valence-corrected chi connectivity index (χ4v) is 1.77. The van der Waals surface area contributed by atoms with Gasteiger partial charge in [-0.1, -0.05) is 26.2 Å². The average molecular weight is 295 g/mol. The minimum atomic E-state index is -0.728. The van der Waals surface area contributed by atoms with Crippen molar-refractivity contribution >= 4 is 11.9 Å². The smallest absolute Gasteiger partial charge is 0.328 e. The maximum Gasteiger partial charge on any atom is 0.328 e. The topological polar surface area (TPSA) is 55.4 Å². The molecule has 0 aromatic heterocycles. The van der Waals surface area contributed by atoms with Gasteiger partial charge in [0.2, 0.25) is 0 Å². The normalized spacial score (nSPS) is 11.8. The van der Waals surface area contributed by atoms with Crippen molar-refractivity contribution in [1.29, 1.82) is 0 Å². The summed E-state index contributed by atoms with van der Waals surface area (Å²) in [6.45, 7) is 4.05. The van der Waals surface area contributed by atoms with E-state index in [4.69, 9.17) is 4.74 Å². The summed E-state index contributed by atoms with van der Waals surface area (Å²) in [6.07, 6.45) is 4.10. The molecule has 5 heteroatoms. The number of hydrogen-bond acceptors (Lipinski definition) is 3. The third-order valence-corrected chi connectivity index (χ3v) is 3.05. The van der Waals surface area contributed by atoms with Crippen LogP contribution in [0.2, 0.25) is 0 Å². The van der Waals surface area contributed by atoms with Crippen molar-refractivity contribution in [2.75, 3.05) is 6.61 Å². The fraction of sp³-hybridized carbons (Fsp3) is 0.500. The molecule has 1 amide bonds. The second-order valence-corrected chi connectivity index (χ2v) is 4.93. The van der Waals surface area contributed by atoms with Crippen molar-refractivity contribution in [1.82, 2.24) is 5.32 Å². The van der Waals surface area contributed by atoms with E-state index in [2.05, 4.69) is 12.2 Å². The highest BCUT2D eigenvalue weighted by atomic mass is 19.1. The van der Waals surface area contributed by atoms with Gasteiger partial charge in [-0.2, -0.15) is 0 Å². The van der Waals surface area contributed by atoms with Crippen LogP contribution in [0, 0.1) is 5.82 Å². The molecule has 0 saturated heterocycles. The lowest BCUT2D eigenvalue weighted by Crippen LogP contribution is -2.39. The Bertz CT molecular complexity index is 459. The Hall–Kier alpha value is -1.91. The number of rotatable bonds is 8. The lowest BCUT2D eigenvalue weighted by Gasteiger charge is -2.13. The van der Waals surface area contributed by atoms with Crippen LogP contribution in [0.25, 0.3) is 0 Å². The quantitative estimate of drug-likeness (QED) is 0.592. The summed E-state index contributed by atoms with van der Waals surface area (Å²) >= 11 is 0. The van der Waals surface area contributed by atoms with Gasteiger partial charge in [0.25, 0.3) is 5.91 Å². The largest absolute Gasteiger partial charge is 0.464 e. The highest BCUT2D eigenvalue weighted by molar-refractivity contribution is 5.96. The van der Waals surface area contributed by atoms with Gasteiger partial charge in [0.05, 0.1) is 6.61 Å². The maximum absolute atomic E-state index is 12.8. The van der Waals surface area contributed by atoms with E-state index in [0.717, 1.165) is 25.7 Å². The first kappa shape index (κ1) is 17.1. The highest BCUT2D eigenvalue weighted by Crippen LogP contribution is 2.04. The van der Waals surface area contributed by atoms with Gasteiger partial charge < -0.3 is 10.1 Å². The molecule has 0 spiro atoms. The van der Waals surface area contributed by atoms with Gasteiger partial charge in [0, 0.05) is 5.56 Å². The summed E-state index contributed by atoms with van der Waals surface area (Å²) in [7, 11) is 0. The van der Waals surface area contributed by atoms with Gasteiger partial charge in [-0.25, -0.2) is 9.18 Å². The predicted molar refractivity (Wildman–Crippen MR) is 78.4 cm³/mol. The molecule has 1 atom stereocenters. The van der Waals surface area contributed by atoms with Gasteiger partial charge in [0.1, 0.15) is 11.9 Å². The molecule has 1 rings (SSSR count). The summed E-state index contributed by atoms with van der Waals surface area (Å²) in [4.78, 5) is 23.5. The molecule has 0 radical (unpaired) electrons. The summed E-state index contributed by atoms with van der Waals surface area (Å²) in [6, 6.07) is 4.41. The Morgan fingerprint density at radius 1 is 1.19 bits per heavy atom. The van der Waals surface area contributed by atoms with Crippen LogP contribution in [0.5, 0.6) is 0 Å². The molecule has 1 unspecified atom stereocenters. The van der Waals surface area contributed by atoms with Gasteiger partial charge in [0.15, 0.2) is 0 Å². The first-order valence-corrected chi connectivity index (χ1v) is 7.27. The number of amides is 1. The number of ether oxygens (including phenoxy) is 1. The molecule has 4 nitrogen and oxygen atoms in total. The SMILES string of the molecule is CCCCCCOC(=O)C(C)NC(=O)c1ccc(F)cc1. The molecule has 1 aromatic carbocycles. The molecule has 0 aliphatic carbocycles. The molecule has 0 aliphatic heterocycles. The van der Waals surface area contributed by atoms with Crippen molar-refractivity contribution in [3.63, 3.8) is 0 Å². The molecule has 1 N–H and O–H groups in total. The monoisotopic (exact) mass is 295 g/mol. The van der Waals surface area contributed by atoms with Crippen LogP contribution in [0.3, 0.4) is 0 Å². The number of esters is 1. The van der Waals surface area contributed by atoms with Crippen LogP contribution >= 0.6 is 0 Å². The predicted octanol–water partition coefficient (Wildman–Crippen LogP) is 3.07. The zero-order chi connectivity index (χ0) is 15.7. The van der Waals surface area contributed by atoms with E-state index >= 15 is 0 Å². The molecule has 116 valence electrons. The Balaban J connectivity index is 2.34. The molecule has 1 aromatic rings. The second-order valence-electron chi connectivity index (χ2n) is 4.93. The molecule has 0 saturated carbocycles. The first-order valence-electron chi connectivity index (χ1n) is 7.27. The Morgan fingerprint density at radius 3 is 2.48 bits per heavy atom. The van der Waals surface area contributed by atoms with Crippen molar-refractivity contribution in [3.8, 4) is 0 Å². The van der Waals surface area contributed by atoms with E-state index in [1.54, 1.807) is 6.92 Å². The second kappa shape index (κ2) is 9.10. The number of benzene rings is 1. The lowest BCUT2D eigenvalue weighted by molar-refractivity contribution is -0.145. The number of carbonyl (C=O) groups is 2. The van der Waals surface area contributed by atoms with Crippen LogP contribution in [-0.4, -0.2) is 24.5 Å². The maximum atomic E-state index is 12.8. The van der Waals surface area contributed by atoms with E-state index in [0.29, 0.717) is 12.2 Å². The number of nitrogens with one attached hydrogen (secondary N) is 1. The molecule has 0 aliphatic rings. The van der Waals surface area contributed by atoms with Gasteiger partial charge >= 0.3 is 5.97 Å². The third kappa shape index (κ3) is 6.38. The fourth-order valence-electron chi connectivity index (χ4n) is 1.77. The number of carbonyl (C=O) groups excluding carboxylic acids is 2. The first-order chi connectivity index (χ1) is 10.0. The highest BCUT2D eigenvalue weighted by Gasteiger charge is 2.17. The van der Waals surface area contributed by atoms with Crippen molar-refractivity contribution in [2.24, 2.45) is 0 Å². The Morgan fingerprint density at radius 2 is 1.86 bits per heavy atom. The van der Waals surface area contributed by atoms with E-state index in [-0.39, 0.29) is 0 Å². The standard InChI is InChI=1S/C16H22FNO3/c1-3-4-5-6-11-21-16(20)12(2)18-15(19)13-7-9-14(17)10-8-13/h7-10,12H,3-6,11H2,1-2H3,(H,18,19). The van der Waals surface area contributed by atoms with Crippen LogP contribution in [-0.2, 0) is 9.53 Å². The Labute approximate surface area is 124 Å². The van der Waals surface area contributed by atoms with Crippen LogP contribution in [0.15, 0.2) is 24.3 Å². The van der Waals surface area contributed by atoms with Gasteiger partial charge in [-0.05, 0) is 37.6 Å². The number of hydrogen-bond donors (Lipinski definition) is 1. The van der Waals surface area contributed by atoms with Crippen molar-refractivity contribution in [3.05, 3.63) is 35.6 Å². The van der Waals surface area contributed by atoms with E-state index in [1.165, 1.54) is 24.3 Å². The molecular formula is C16H22FNO3. The minimum Gasteiger partial charge on any atom is -0.464 e. The van der Waals surface area contributed by atoms with E-state index in [1.807, 2.05) is 0 Å². The van der Waals surface area contributed by atoms with Crippen LogP contribution < -0.4 is 5.32 Å². The lowest BCUT2D eigenvalue weighted by atomic mass is 10.2. The molecule has 21 heavy (non-hydrogen) atoms. The summed E-state index contributed by atoms with van der Waals surface area (Å²) in [5.74, 6) is -1.29. The summed E-state index contributed by atoms with van der Waals surface area (Å²) in [5, 5.41) is 2.53. The van der Waals surface area contributed by atoms with Gasteiger partial charge in [-0.15, -0.1) is 0 Å². The summed E-state index contributed by atoms with van der Waals surface area (Å²) < 4.78 is 17.9. The number of halogens is 1. The van der Waals surface area contributed by atoms with Gasteiger partial charge in [-0.3, -0.25) is 4.79 Å². The molecule has 0 bridgehead atoms.